The number of carbonyl (C=O) groups is 5. The number of ether oxygens (including phenoxy) is 5. The number of esters is 1. The molecule has 0 radical (unpaired) electrons. The zero-order valence-electron chi connectivity index (χ0n) is 30.6. The monoisotopic (exact) mass is 698 g/mol. The third kappa shape index (κ3) is 11.4. The molecule has 1 aromatic carbocycles. The third-order valence-electron chi connectivity index (χ3n) is 5.69. The van der Waals surface area contributed by atoms with Gasteiger partial charge in [-0.1, -0.05) is 30.3 Å². The summed E-state index contributed by atoms with van der Waals surface area (Å²) >= 11 is 0. The summed E-state index contributed by atoms with van der Waals surface area (Å²) in [5.74, 6) is -1.89. The highest BCUT2D eigenvalue weighted by molar-refractivity contribution is 6.14. The smallest absolute Gasteiger partial charge is 0.427 e. The van der Waals surface area contributed by atoms with Crippen LogP contribution in [0.2, 0.25) is 0 Å². The van der Waals surface area contributed by atoms with Gasteiger partial charge in [-0.05, 0) is 88.6 Å². The van der Waals surface area contributed by atoms with E-state index in [1.165, 1.54) is 10.9 Å². The number of fused-ring (bicyclic) bond motifs is 1. The summed E-state index contributed by atoms with van der Waals surface area (Å²) in [6.45, 7) is 18.5. The average molecular weight is 699 g/mol. The number of hydrogen-bond donors (Lipinski definition) is 0. The van der Waals surface area contributed by atoms with Crippen molar-refractivity contribution in [2.75, 3.05) is 9.80 Å². The van der Waals surface area contributed by atoms with Crippen LogP contribution in [0.5, 0.6) is 0 Å². The first-order chi connectivity index (χ1) is 22.8. The molecule has 16 heteroatoms. The minimum absolute atomic E-state index is 0.0199. The third-order valence-corrected chi connectivity index (χ3v) is 5.69. The highest BCUT2D eigenvalue weighted by Crippen LogP contribution is 2.30. The fourth-order valence-electron chi connectivity index (χ4n) is 3.93. The summed E-state index contributed by atoms with van der Waals surface area (Å²) in [7, 11) is 0. The van der Waals surface area contributed by atoms with Crippen molar-refractivity contribution in [2.24, 2.45) is 0 Å². The fourth-order valence-corrected chi connectivity index (χ4v) is 3.93. The van der Waals surface area contributed by atoms with Gasteiger partial charge in [0.05, 0.1) is 6.33 Å². The Morgan fingerprint density at radius 1 is 0.640 bits per heavy atom. The van der Waals surface area contributed by atoms with Crippen LogP contribution in [-0.4, -0.2) is 72.3 Å². The van der Waals surface area contributed by atoms with Crippen LogP contribution < -0.4 is 9.80 Å². The maximum atomic E-state index is 13.7. The highest BCUT2D eigenvalue weighted by atomic mass is 16.6. The molecule has 0 bridgehead atoms. The lowest BCUT2D eigenvalue weighted by Gasteiger charge is -2.29. The van der Waals surface area contributed by atoms with Crippen molar-refractivity contribution < 1.29 is 47.7 Å². The molecule has 4 amide bonds. The average Bonchev–Trinajstić information content (AvgIpc) is 3.31. The molecule has 16 nitrogen and oxygen atoms in total. The molecule has 3 aromatic rings. The van der Waals surface area contributed by atoms with Gasteiger partial charge >= 0.3 is 30.3 Å². The first-order valence-electron chi connectivity index (χ1n) is 15.8. The Morgan fingerprint density at radius 2 is 1.08 bits per heavy atom. The van der Waals surface area contributed by atoms with Gasteiger partial charge in [-0.3, -0.25) is 4.79 Å². The van der Waals surface area contributed by atoms with Crippen molar-refractivity contribution in [2.45, 2.75) is 119 Å². The molecule has 0 atom stereocenters. The number of hydrogen-bond acceptors (Lipinski definition) is 13. The summed E-state index contributed by atoms with van der Waals surface area (Å²) in [4.78, 5) is 81.5. The molecule has 2 aromatic heterocycles. The number of imidazole rings is 1. The molecule has 0 aliphatic rings. The van der Waals surface area contributed by atoms with E-state index in [-0.39, 0.29) is 17.8 Å². The van der Waals surface area contributed by atoms with Crippen LogP contribution in [0.25, 0.3) is 11.2 Å². The number of amides is 4. The first-order valence-corrected chi connectivity index (χ1v) is 15.8. The van der Waals surface area contributed by atoms with E-state index in [1.807, 2.05) is 6.07 Å². The van der Waals surface area contributed by atoms with Crippen molar-refractivity contribution in [3.05, 3.63) is 42.2 Å². The van der Waals surface area contributed by atoms with Gasteiger partial charge in [0.1, 0.15) is 35.6 Å². The van der Waals surface area contributed by atoms with E-state index < -0.39 is 71.1 Å². The largest absolute Gasteiger partial charge is 0.459 e. The van der Waals surface area contributed by atoms with Crippen molar-refractivity contribution >= 4 is 53.3 Å². The summed E-state index contributed by atoms with van der Waals surface area (Å²) < 4.78 is 28.7. The van der Waals surface area contributed by atoms with Crippen LogP contribution in [-0.2, 0) is 41.6 Å². The maximum absolute atomic E-state index is 13.7. The van der Waals surface area contributed by atoms with Crippen LogP contribution in [0, 0.1) is 0 Å². The predicted molar refractivity (Wildman–Crippen MR) is 181 cm³/mol. The number of anilines is 2. The molecule has 0 aliphatic carbocycles. The summed E-state index contributed by atoms with van der Waals surface area (Å²) in [5, 5.41) is 0. The van der Waals surface area contributed by atoms with E-state index in [4.69, 9.17) is 23.7 Å². The van der Waals surface area contributed by atoms with E-state index >= 15 is 0 Å². The predicted octanol–water partition coefficient (Wildman–Crippen LogP) is 6.92. The second-order valence-corrected chi connectivity index (χ2v) is 15.1. The molecule has 0 N–H and O–H groups in total. The number of aromatic nitrogens is 4. The van der Waals surface area contributed by atoms with Gasteiger partial charge in [0.2, 0.25) is 5.95 Å². The minimum atomic E-state index is -1.23. The lowest BCUT2D eigenvalue weighted by molar-refractivity contribution is -0.145. The molecule has 272 valence electrons. The van der Waals surface area contributed by atoms with Gasteiger partial charge in [0, 0.05) is 0 Å². The molecule has 0 saturated heterocycles. The summed E-state index contributed by atoms with van der Waals surface area (Å²) in [6, 6.07) is 9.00. The van der Waals surface area contributed by atoms with Crippen LogP contribution in [0.4, 0.5) is 30.9 Å². The van der Waals surface area contributed by atoms with Crippen LogP contribution in [0.15, 0.2) is 36.7 Å². The van der Waals surface area contributed by atoms with Crippen molar-refractivity contribution in [1.82, 2.24) is 19.5 Å². The molecule has 0 saturated carbocycles. The lowest BCUT2D eigenvalue weighted by atomic mass is 10.2. The van der Waals surface area contributed by atoms with Crippen molar-refractivity contribution in [3.63, 3.8) is 0 Å². The second-order valence-electron chi connectivity index (χ2n) is 15.1. The van der Waals surface area contributed by atoms with E-state index in [0.717, 1.165) is 5.56 Å². The zero-order chi connectivity index (χ0) is 37.8. The topological polar surface area (TPSA) is 182 Å². The van der Waals surface area contributed by atoms with Gasteiger partial charge in [-0.2, -0.15) is 14.9 Å². The normalized spacial score (nSPS) is 12.2. The number of nitrogens with zero attached hydrogens (tertiary/aromatic N) is 6. The Hall–Kier alpha value is -5.28. The minimum Gasteiger partial charge on any atom is -0.459 e. The van der Waals surface area contributed by atoms with Crippen molar-refractivity contribution in [1.29, 1.82) is 0 Å². The van der Waals surface area contributed by atoms with Crippen LogP contribution in [0.3, 0.4) is 0 Å². The number of carbonyl (C=O) groups excluding carboxylic acids is 5. The van der Waals surface area contributed by atoms with Crippen LogP contribution >= 0.6 is 0 Å². The molecule has 3 rings (SSSR count). The summed E-state index contributed by atoms with van der Waals surface area (Å²) in [6.07, 6.45) is -3.69. The maximum Gasteiger partial charge on any atom is 0.427 e. The molecular weight excluding hydrogens is 652 g/mol. The van der Waals surface area contributed by atoms with Gasteiger partial charge in [-0.25, -0.2) is 24.2 Å². The second kappa shape index (κ2) is 14.7. The Labute approximate surface area is 291 Å². The van der Waals surface area contributed by atoms with E-state index in [9.17, 15) is 24.0 Å². The summed E-state index contributed by atoms with van der Waals surface area (Å²) in [5.41, 5.74) is -3.97. The van der Waals surface area contributed by atoms with Gasteiger partial charge in [-0.15, -0.1) is 4.90 Å². The molecule has 2 heterocycles. The van der Waals surface area contributed by atoms with E-state index in [0.29, 0.717) is 9.80 Å². The Morgan fingerprint density at radius 3 is 1.52 bits per heavy atom. The molecule has 0 spiro atoms. The zero-order valence-corrected chi connectivity index (χ0v) is 30.6. The molecule has 0 unspecified atom stereocenters. The quantitative estimate of drug-likeness (QED) is 0.191. The van der Waals surface area contributed by atoms with Gasteiger partial charge in [0.25, 0.3) is 0 Å². The number of benzene rings is 1. The molecule has 0 aliphatic heterocycles. The SMILES string of the molecule is CC(C)(C)OC(=O)N(C(=O)OC(C)(C)C)c1nc(N(C(=O)OC(C)(C)C)C(=O)OC(C)(C)C)c2ncn(CC(=O)OCc3ccccc3)c2n1. The Balaban J connectivity index is 2.30. The van der Waals surface area contributed by atoms with Crippen LogP contribution in [0.1, 0.15) is 88.6 Å². The Bertz CT molecular complexity index is 1670. The van der Waals surface area contributed by atoms with Crippen molar-refractivity contribution in [3.8, 4) is 0 Å². The van der Waals surface area contributed by atoms with E-state index in [1.54, 1.807) is 107 Å². The number of imide groups is 2. The standard InChI is InChI=1S/C34H46N6O10/c1-31(2,3)47-27(42)39(28(43)48-32(4,5)6)25-23-24(38(20-35-23)18-22(41)46-19-21-16-14-13-15-17-21)36-26(37-25)40(29(44)49-33(7,8)9)30(45)50-34(10,11)12/h13-17,20H,18-19H2,1-12H3. The Kier molecular flexibility index (Phi) is 11.5. The lowest BCUT2D eigenvalue weighted by Crippen LogP contribution is -2.46. The van der Waals surface area contributed by atoms with E-state index in [2.05, 4.69) is 15.0 Å². The number of rotatable bonds is 6. The molecule has 50 heavy (non-hydrogen) atoms. The van der Waals surface area contributed by atoms with Gasteiger partial charge in [0.15, 0.2) is 17.0 Å². The fraction of sp³-hybridized carbons (Fsp3) is 0.529. The molecule has 0 fully saturated rings. The molecular formula is C34H46N6O10. The van der Waals surface area contributed by atoms with Gasteiger partial charge < -0.3 is 28.3 Å². The first kappa shape index (κ1) is 39.2. The highest BCUT2D eigenvalue weighted by Gasteiger charge is 2.40.